The van der Waals surface area contributed by atoms with Crippen LogP contribution in [0, 0.1) is 0 Å². The number of hydroxylamine groups is 2. The minimum Gasteiger partial charge on any atom is -0.364 e. The molecule has 0 aliphatic carbocycles. The van der Waals surface area contributed by atoms with Gasteiger partial charge in [0.25, 0.3) is 0 Å². The molecule has 0 N–H and O–H groups in total. The average molecular weight is 234 g/mol. The maximum absolute atomic E-state index is 11.4. The molecule has 0 aliphatic rings. The summed E-state index contributed by atoms with van der Waals surface area (Å²) in [5.41, 5.74) is 0.296. The standard InChI is InChI=1S/C9H9Cl2NO2/c1-12(2)14-9(13)7-4-3-6(10)5-8(7)11/h3-5H,1-2H3. The van der Waals surface area contributed by atoms with Crippen molar-refractivity contribution in [1.82, 2.24) is 5.06 Å². The molecule has 1 rings (SSSR count). The number of hydrogen-bond donors (Lipinski definition) is 0. The monoisotopic (exact) mass is 233 g/mol. The molecule has 0 amide bonds. The number of carbonyl (C=O) groups excluding carboxylic acids is 1. The second-order valence-electron chi connectivity index (χ2n) is 2.82. The van der Waals surface area contributed by atoms with Crippen molar-refractivity contribution in [3.05, 3.63) is 33.8 Å². The van der Waals surface area contributed by atoms with Gasteiger partial charge in [-0.2, -0.15) is 0 Å². The Kier molecular flexibility index (Phi) is 3.75. The summed E-state index contributed by atoms with van der Waals surface area (Å²) < 4.78 is 0. The van der Waals surface area contributed by atoms with Gasteiger partial charge in [0, 0.05) is 19.1 Å². The summed E-state index contributed by atoms with van der Waals surface area (Å²) in [5, 5.41) is 2.06. The van der Waals surface area contributed by atoms with Gasteiger partial charge in [-0.3, -0.25) is 0 Å². The zero-order valence-electron chi connectivity index (χ0n) is 7.75. The molecular weight excluding hydrogens is 225 g/mol. The summed E-state index contributed by atoms with van der Waals surface area (Å²) in [7, 11) is 3.23. The molecule has 0 spiro atoms. The summed E-state index contributed by atoms with van der Waals surface area (Å²) in [6, 6.07) is 4.60. The van der Waals surface area contributed by atoms with E-state index in [4.69, 9.17) is 28.0 Å². The summed E-state index contributed by atoms with van der Waals surface area (Å²) >= 11 is 11.5. The lowest BCUT2D eigenvalue weighted by molar-refractivity contribution is -0.0713. The lowest BCUT2D eigenvalue weighted by atomic mass is 10.2. The van der Waals surface area contributed by atoms with Gasteiger partial charge >= 0.3 is 5.97 Å². The van der Waals surface area contributed by atoms with Gasteiger partial charge in [-0.05, 0) is 18.2 Å². The fraction of sp³-hybridized carbons (Fsp3) is 0.222. The third-order valence-corrected chi connectivity index (χ3v) is 1.96. The van der Waals surface area contributed by atoms with Gasteiger partial charge in [0.05, 0.1) is 10.6 Å². The zero-order valence-corrected chi connectivity index (χ0v) is 9.26. The van der Waals surface area contributed by atoms with E-state index in [0.29, 0.717) is 10.6 Å². The molecule has 0 bridgehead atoms. The van der Waals surface area contributed by atoms with Crippen molar-refractivity contribution < 1.29 is 9.63 Å². The maximum Gasteiger partial charge on any atom is 0.358 e. The highest BCUT2D eigenvalue weighted by molar-refractivity contribution is 6.36. The van der Waals surface area contributed by atoms with E-state index >= 15 is 0 Å². The second kappa shape index (κ2) is 4.64. The third-order valence-electron chi connectivity index (χ3n) is 1.42. The van der Waals surface area contributed by atoms with E-state index in [1.165, 1.54) is 17.2 Å². The van der Waals surface area contributed by atoms with Crippen LogP contribution >= 0.6 is 23.2 Å². The first kappa shape index (κ1) is 11.3. The first-order chi connectivity index (χ1) is 6.50. The minimum absolute atomic E-state index is 0.282. The van der Waals surface area contributed by atoms with Crippen LogP contribution in [-0.2, 0) is 4.84 Å². The molecule has 0 unspecified atom stereocenters. The van der Waals surface area contributed by atoms with E-state index < -0.39 is 5.97 Å². The van der Waals surface area contributed by atoms with Crippen LogP contribution in [-0.4, -0.2) is 25.1 Å². The molecule has 3 nitrogen and oxygen atoms in total. The largest absolute Gasteiger partial charge is 0.364 e. The molecule has 76 valence electrons. The highest BCUT2D eigenvalue weighted by atomic mass is 35.5. The number of carbonyl (C=O) groups is 1. The third kappa shape index (κ3) is 2.87. The molecule has 14 heavy (non-hydrogen) atoms. The first-order valence-electron chi connectivity index (χ1n) is 3.85. The van der Waals surface area contributed by atoms with E-state index in [0.717, 1.165) is 0 Å². The normalized spacial score (nSPS) is 10.4. The Morgan fingerprint density at radius 1 is 1.36 bits per heavy atom. The number of benzene rings is 1. The average Bonchev–Trinajstić information content (AvgIpc) is 2.01. The van der Waals surface area contributed by atoms with Crippen LogP contribution in [0.4, 0.5) is 0 Å². The van der Waals surface area contributed by atoms with Crippen LogP contribution in [0.3, 0.4) is 0 Å². The van der Waals surface area contributed by atoms with E-state index in [1.807, 2.05) is 0 Å². The molecule has 0 saturated heterocycles. The van der Waals surface area contributed by atoms with Gasteiger partial charge in [0.1, 0.15) is 0 Å². The molecular formula is C9H9Cl2NO2. The van der Waals surface area contributed by atoms with Crippen LogP contribution in [0.1, 0.15) is 10.4 Å². The van der Waals surface area contributed by atoms with Crippen molar-refractivity contribution in [1.29, 1.82) is 0 Å². The lowest BCUT2D eigenvalue weighted by Gasteiger charge is -2.10. The Balaban J connectivity index is 2.90. The minimum atomic E-state index is -0.503. The molecule has 0 fully saturated rings. The topological polar surface area (TPSA) is 29.5 Å². The van der Waals surface area contributed by atoms with E-state index in [-0.39, 0.29) is 5.02 Å². The van der Waals surface area contributed by atoms with Gasteiger partial charge in [-0.15, -0.1) is 5.06 Å². The van der Waals surface area contributed by atoms with Gasteiger partial charge in [0.2, 0.25) is 0 Å². The number of halogens is 2. The highest BCUT2D eigenvalue weighted by Gasteiger charge is 2.12. The Hall–Kier alpha value is -0.770. The second-order valence-corrected chi connectivity index (χ2v) is 3.66. The number of rotatable bonds is 2. The fourth-order valence-electron chi connectivity index (χ4n) is 0.870. The molecule has 5 heteroatoms. The molecule has 0 aliphatic heterocycles. The summed E-state index contributed by atoms with van der Waals surface area (Å²) in [6.45, 7) is 0. The van der Waals surface area contributed by atoms with Crippen molar-refractivity contribution in [2.45, 2.75) is 0 Å². The Bertz CT molecular complexity index is 353. The van der Waals surface area contributed by atoms with Gasteiger partial charge in [-0.25, -0.2) is 4.79 Å². The molecule has 0 saturated carbocycles. The van der Waals surface area contributed by atoms with E-state index in [1.54, 1.807) is 20.2 Å². The van der Waals surface area contributed by atoms with Crippen molar-refractivity contribution >= 4 is 29.2 Å². The van der Waals surface area contributed by atoms with Crippen molar-refractivity contribution in [2.75, 3.05) is 14.1 Å². The SMILES string of the molecule is CN(C)OC(=O)c1ccc(Cl)cc1Cl. The molecule has 0 heterocycles. The summed E-state index contributed by atoms with van der Waals surface area (Å²) in [6.07, 6.45) is 0. The van der Waals surface area contributed by atoms with Crippen molar-refractivity contribution in [3.63, 3.8) is 0 Å². The Morgan fingerprint density at radius 3 is 2.50 bits per heavy atom. The molecule has 1 aromatic carbocycles. The Labute approximate surface area is 92.1 Å². The van der Waals surface area contributed by atoms with Crippen molar-refractivity contribution in [2.24, 2.45) is 0 Å². The zero-order chi connectivity index (χ0) is 10.7. The maximum atomic E-state index is 11.4. The van der Waals surface area contributed by atoms with Gasteiger partial charge in [-0.1, -0.05) is 23.2 Å². The smallest absolute Gasteiger partial charge is 0.358 e. The predicted molar refractivity (Wildman–Crippen MR) is 55.6 cm³/mol. The van der Waals surface area contributed by atoms with Crippen LogP contribution < -0.4 is 0 Å². The van der Waals surface area contributed by atoms with Gasteiger partial charge < -0.3 is 4.84 Å². The Morgan fingerprint density at radius 2 is 2.00 bits per heavy atom. The van der Waals surface area contributed by atoms with Crippen LogP contribution in [0.25, 0.3) is 0 Å². The molecule has 1 aromatic rings. The lowest BCUT2D eigenvalue weighted by Crippen LogP contribution is -2.18. The van der Waals surface area contributed by atoms with E-state index in [2.05, 4.69) is 0 Å². The van der Waals surface area contributed by atoms with Crippen LogP contribution in [0.15, 0.2) is 18.2 Å². The molecule has 0 radical (unpaired) electrons. The van der Waals surface area contributed by atoms with E-state index in [9.17, 15) is 4.79 Å². The summed E-state index contributed by atoms with van der Waals surface area (Å²) in [4.78, 5) is 16.2. The predicted octanol–water partition coefficient (Wildman–Crippen LogP) is 2.63. The quantitative estimate of drug-likeness (QED) is 0.736. The van der Waals surface area contributed by atoms with Crippen LogP contribution in [0.5, 0.6) is 0 Å². The van der Waals surface area contributed by atoms with Gasteiger partial charge in [0.15, 0.2) is 0 Å². The highest BCUT2D eigenvalue weighted by Crippen LogP contribution is 2.21. The summed E-state index contributed by atoms with van der Waals surface area (Å²) in [5.74, 6) is -0.503. The number of hydrogen-bond acceptors (Lipinski definition) is 3. The fourth-order valence-corrected chi connectivity index (χ4v) is 1.36. The number of nitrogens with zero attached hydrogens (tertiary/aromatic N) is 1. The van der Waals surface area contributed by atoms with Crippen molar-refractivity contribution in [3.8, 4) is 0 Å². The van der Waals surface area contributed by atoms with Crippen LogP contribution in [0.2, 0.25) is 10.0 Å². The molecule has 0 atom stereocenters. The first-order valence-corrected chi connectivity index (χ1v) is 4.61. The molecule has 0 aromatic heterocycles.